The molecule has 98 valence electrons. The maximum atomic E-state index is 2.35. The van der Waals surface area contributed by atoms with Gasteiger partial charge in [-0.3, -0.25) is 0 Å². The Morgan fingerprint density at radius 3 is 1.69 bits per heavy atom. The molecule has 0 radical (unpaired) electrons. The molecule has 0 saturated carbocycles. The fourth-order valence-corrected chi connectivity index (χ4v) is 4.89. The first kappa shape index (κ1) is 16.4. The quantitative estimate of drug-likeness (QED) is 0.290. The fourth-order valence-electron chi connectivity index (χ4n) is 2.15. The molecular weight excluding hydrogens is 211 g/mol. The van der Waals surface area contributed by atoms with Gasteiger partial charge in [0.1, 0.15) is 0 Å². The highest BCUT2D eigenvalue weighted by molar-refractivity contribution is 7.57. The summed E-state index contributed by atoms with van der Waals surface area (Å²) in [5.41, 5.74) is 0. The second kappa shape index (κ2) is 13.5. The minimum Gasteiger partial charge on any atom is -0.107 e. The Bertz CT molecular complexity index is 123. The molecule has 0 aromatic carbocycles. The van der Waals surface area contributed by atoms with Crippen LogP contribution < -0.4 is 0 Å². The van der Waals surface area contributed by atoms with Gasteiger partial charge in [0.2, 0.25) is 0 Å². The van der Waals surface area contributed by atoms with Crippen LogP contribution in [0.25, 0.3) is 0 Å². The molecule has 0 saturated heterocycles. The van der Waals surface area contributed by atoms with Crippen molar-refractivity contribution in [3.8, 4) is 0 Å². The molecule has 1 unspecified atom stereocenters. The van der Waals surface area contributed by atoms with Gasteiger partial charge in [0.25, 0.3) is 0 Å². The molecule has 0 fully saturated rings. The van der Waals surface area contributed by atoms with Crippen molar-refractivity contribution in [3.63, 3.8) is 0 Å². The maximum Gasteiger partial charge on any atom is -0.0326 e. The Kier molecular flexibility index (Phi) is 13.9. The Morgan fingerprint density at radius 1 is 0.500 bits per heavy atom. The van der Waals surface area contributed by atoms with E-state index in [0.29, 0.717) is 7.92 Å². The summed E-state index contributed by atoms with van der Waals surface area (Å²) in [6.45, 7) is 6.97. The summed E-state index contributed by atoms with van der Waals surface area (Å²) in [5, 5.41) is 0. The molecule has 0 rings (SSSR count). The van der Waals surface area contributed by atoms with Gasteiger partial charge < -0.3 is 0 Å². The zero-order valence-corrected chi connectivity index (χ0v) is 12.8. The SMILES string of the molecule is CCCCCCCCP(CCC)CCCC. The van der Waals surface area contributed by atoms with E-state index in [-0.39, 0.29) is 0 Å². The normalized spacial score (nSPS) is 12.9. The molecule has 0 amide bonds. The van der Waals surface area contributed by atoms with Gasteiger partial charge in [0.05, 0.1) is 0 Å². The van der Waals surface area contributed by atoms with E-state index in [1.807, 2.05) is 0 Å². The van der Waals surface area contributed by atoms with E-state index in [9.17, 15) is 0 Å². The first-order valence-corrected chi connectivity index (χ1v) is 9.47. The zero-order valence-electron chi connectivity index (χ0n) is 11.9. The summed E-state index contributed by atoms with van der Waals surface area (Å²) in [4.78, 5) is 0. The lowest BCUT2D eigenvalue weighted by molar-refractivity contribution is 0.626. The second-order valence-electron chi connectivity index (χ2n) is 4.96. The van der Waals surface area contributed by atoms with Crippen molar-refractivity contribution in [1.82, 2.24) is 0 Å². The summed E-state index contributed by atoms with van der Waals surface area (Å²) < 4.78 is 0. The molecule has 0 N–H and O–H groups in total. The van der Waals surface area contributed by atoms with Crippen LogP contribution in [0.2, 0.25) is 0 Å². The first-order valence-electron chi connectivity index (χ1n) is 7.57. The Labute approximate surface area is 105 Å². The van der Waals surface area contributed by atoms with E-state index in [1.165, 1.54) is 63.9 Å². The molecular formula is C15H33P. The molecule has 0 aromatic rings. The van der Waals surface area contributed by atoms with Crippen molar-refractivity contribution in [2.75, 3.05) is 18.5 Å². The van der Waals surface area contributed by atoms with Crippen molar-refractivity contribution in [3.05, 3.63) is 0 Å². The monoisotopic (exact) mass is 244 g/mol. The van der Waals surface area contributed by atoms with Crippen LogP contribution in [0.4, 0.5) is 0 Å². The van der Waals surface area contributed by atoms with E-state index in [0.717, 1.165) is 0 Å². The van der Waals surface area contributed by atoms with E-state index < -0.39 is 0 Å². The summed E-state index contributed by atoms with van der Waals surface area (Å²) in [5.74, 6) is 0. The number of rotatable bonds is 12. The van der Waals surface area contributed by atoms with Gasteiger partial charge in [-0.2, -0.15) is 0 Å². The first-order chi connectivity index (χ1) is 7.85. The third kappa shape index (κ3) is 10.9. The largest absolute Gasteiger partial charge is 0.107 e. The lowest BCUT2D eigenvalue weighted by atomic mass is 10.1. The highest BCUT2D eigenvalue weighted by atomic mass is 31.1. The van der Waals surface area contributed by atoms with Crippen molar-refractivity contribution < 1.29 is 0 Å². The molecule has 0 aliphatic heterocycles. The predicted molar refractivity (Wildman–Crippen MR) is 80.1 cm³/mol. The topological polar surface area (TPSA) is 0 Å². The predicted octanol–water partition coefficient (Wildman–Crippen LogP) is 6.04. The molecule has 0 aliphatic carbocycles. The molecule has 1 atom stereocenters. The number of unbranched alkanes of at least 4 members (excludes halogenated alkanes) is 6. The minimum absolute atomic E-state index is 0.409. The van der Waals surface area contributed by atoms with Crippen LogP contribution in [0.3, 0.4) is 0 Å². The highest BCUT2D eigenvalue weighted by Crippen LogP contribution is 2.38. The van der Waals surface area contributed by atoms with Gasteiger partial charge in [0, 0.05) is 0 Å². The number of hydrogen-bond donors (Lipinski definition) is 0. The van der Waals surface area contributed by atoms with E-state index >= 15 is 0 Å². The van der Waals surface area contributed by atoms with Gasteiger partial charge in [-0.15, -0.1) is 7.92 Å². The van der Waals surface area contributed by atoms with Crippen LogP contribution in [-0.4, -0.2) is 18.5 Å². The third-order valence-electron chi connectivity index (χ3n) is 3.20. The van der Waals surface area contributed by atoms with Crippen molar-refractivity contribution in [2.45, 2.75) is 78.6 Å². The van der Waals surface area contributed by atoms with E-state index in [2.05, 4.69) is 20.8 Å². The van der Waals surface area contributed by atoms with Gasteiger partial charge in [0.15, 0.2) is 0 Å². The fraction of sp³-hybridized carbons (Fsp3) is 1.00. The zero-order chi connectivity index (χ0) is 12.1. The average molecular weight is 244 g/mol. The Morgan fingerprint density at radius 2 is 1.06 bits per heavy atom. The molecule has 16 heavy (non-hydrogen) atoms. The average Bonchev–Trinajstić information content (AvgIpc) is 2.30. The van der Waals surface area contributed by atoms with Gasteiger partial charge in [-0.05, 0) is 31.3 Å². The number of hydrogen-bond acceptors (Lipinski definition) is 0. The van der Waals surface area contributed by atoms with Crippen LogP contribution in [0.15, 0.2) is 0 Å². The summed E-state index contributed by atoms with van der Waals surface area (Å²) in [6, 6.07) is 0. The van der Waals surface area contributed by atoms with Gasteiger partial charge in [-0.1, -0.05) is 65.7 Å². The summed E-state index contributed by atoms with van der Waals surface area (Å²) in [6.07, 6.45) is 17.7. The van der Waals surface area contributed by atoms with Crippen molar-refractivity contribution in [1.29, 1.82) is 0 Å². The van der Waals surface area contributed by atoms with Crippen LogP contribution in [0.1, 0.15) is 78.6 Å². The summed E-state index contributed by atoms with van der Waals surface area (Å²) in [7, 11) is 0.409. The van der Waals surface area contributed by atoms with Gasteiger partial charge >= 0.3 is 0 Å². The van der Waals surface area contributed by atoms with Crippen molar-refractivity contribution >= 4 is 7.92 Å². The summed E-state index contributed by atoms with van der Waals surface area (Å²) >= 11 is 0. The van der Waals surface area contributed by atoms with E-state index in [1.54, 1.807) is 12.3 Å². The molecule has 1 heteroatoms. The Hall–Kier alpha value is 0.430. The molecule has 0 bridgehead atoms. The van der Waals surface area contributed by atoms with Crippen LogP contribution >= 0.6 is 7.92 Å². The smallest absolute Gasteiger partial charge is 0.0326 e. The maximum absolute atomic E-state index is 2.35. The minimum atomic E-state index is 0.409. The Balaban J connectivity index is 3.36. The standard InChI is InChI=1S/C15H33P/c1-4-7-9-10-11-12-15-16(13-6-3)14-8-5-2/h4-15H2,1-3H3. The van der Waals surface area contributed by atoms with E-state index in [4.69, 9.17) is 0 Å². The molecule has 0 heterocycles. The van der Waals surface area contributed by atoms with Crippen molar-refractivity contribution in [2.24, 2.45) is 0 Å². The van der Waals surface area contributed by atoms with Crippen LogP contribution in [0.5, 0.6) is 0 Å². The van der Waals surface area contributed by atoms with Gasteiger partial charge in [-0.25, -0.2) is 0 Å². The van der Waals surface area contributed by atoms with Crippen LogP contribution in [0, 0.1) is 0 Å². The molecule has 0 aliphatic rings. The second-order valence-corrected chi connectivity index (χ2v) is 7.65. The molecule has 0 aromatic heterocycles. The van der Waals surface area contributed by atoms with Crippen LogP contribution in [-0.2, 0) is 0 Å². The molecule has 0 nitrogen and oxygen atoms in total. The lowest BCUT2D eigenvalue weighted by Crippen LogP contribution is -1.95. The molecule has 0 spiro atoms. The highest BCUT2D eigenvalue weighted by Gasteiger charge is 2.05. The third-order valence-corrected chi connectivity index (χ3v) is 6.17. The lowest BCUT2D eigenvalue weighted by Gasteiger charge is -2.16.